The van der Waals surface area contributed by atoms with Crippen LogP contribution in [0.4, 0.5) is 5.69 Å². The normalized spacial score (nSPS) is 10.6. The number of nitrogens with one attached hydrogen (secondary N) is 2. The number of aliphatic imine (C=N–C) groups is 1. The summed E-state index contributed by atoms with van der Waals surface area (Å²) in [6, 6.07) is 13.9. The second-order valence-electron chi connectivity index (χ2n) is 5.87. The van der Waals surface area contributed by atoms with Crippen molar-refractivity contribution in [2.24, 2.45) is 4.99 Å². The Kier molecular flexibility index (Phi) is 11.2. The average Bonchev–Trinajstić information content (AvgIpc) is 2.71. The van der Waals surface area contributed by atoms with Crippen LogP contribution in [0.3, 0.4) is 0 Å². The Morgan fingerprint density at radius 2 is 1.75 bits per heavy atom. The van der Waals surface area contributed by atoms with E-state index in [0.29, 0.717) is 12.4 Å². The second-order valence-corrected chi connectivity index (χ2v) is 5.87. The highest BCUT2D eigenvalue weighted by Crippen LogP contribution is 2.30. The molecule has 0 atom stereocenters. The van der Waals surface area contributed by atoms with Crippen LogP contribution in [-0.4, -0.2) is 40.4 Å². The van der Waals surface area contributed by atoms with Gasteiger partial charge in [-0.15, -0.1) is 24.0 Å². The van der Waals surface area contributed by atoms with Crippen LogP contribution >= 0.6 is 24.0 Å². The third-order valence-electron chi connectivity index (χ3n) is 4.04. The minimum absolute atomic E-state index is 0. The smallest absolute Gasteiger partial charge is 0.195 e. The maximum Gasteiger partial charge on any atom is 0.195 e. The van der Waals surface area contributed by atoms with Crippen LogP contribution in [0.15, 0.2) is 47.5 Å². The largest absolute Gasteiger partial charge is 0.497 e. The van der Waals surface area contributed by atoms with Crippen LogP contribution < -0.4 is 24.8 Å². The van der Waals surface area contributed by atoms with Crippen molar-refractivity contribution in [2.75, 3.05) is 39.7 Å². The summed E-state index contributed by atoms with van der Waals surface area (Å²) < 4.78 is 16.1. The minimum Gasteiger partial charge on any atom is -0.497 e. The van der Waals surface area contributed by atoms with Crippen molar-refractivity contribution >= 4 is 35.6 Å². The molecular formula is C21H30IN3O3. The highest BCUT2D eigenvalue weighted by molar-refractivity contribution is 14.0. The molecule has 0 saturated heterocycles. The molecule has 0 heterocycles. The average molecular weight is 499 g/mol. The molecule has 0 amide bonds. The van der Waals surface area contributed by atoms with Gasteiger partial charge in [0.15, 0.2) is 17.5 Å². The van der Waals surface area contributed by atoms with Gasteiger partial charge in [-0.05, 0) is 49.6 Å². The van der Waals surface area contributed by atoms with Gasteiger partial charge in [0, 0.05) is 25.3 Å². The summed E-state index contributed by atoms with van der Waals surface area (Å²) in [6.07, 6.45) is 1.99. The maximum absolute atomic E-state index is 5.54. The Labute approximate surface area is 184 Å². The molecule has 0 spiro atoms. The van der Waals surface area contributed by atoms with Crippen molar-refractivity contribution < 1.29 is 14.2 Å². The maximum atomic E-state index is 5.54. The zero-order chi connectivity index (χ0) is 19.5. The Morgan fingerprint density at radius 3 is 2.36 bits per heavy atom. The molecule has 0 saturated carbocycles. The number of anilines is 1. The number of aryl methyl sites for hydroxylation is 1. The summed E-state index contributed by atoms with van der Waals surface area (Å²) in [7, 11) is 5.07. The molecule has 154 valence electrons. The molecule has 2 aromatic carbocycles. The van der Waals surface area contributed by atoms with Gasteiger partial charge in [0.2, 0.25) is 0 Å². The van der Waals surface area contributed by atoms with Crippen LogP contribution in [0.2, 0.25) is 0 Å². The number of hydrogen-bond donors (Lipinski definition) is 2. The SMILES string of the molecule is CCOc1ccc(NC(=NC)NCCCc2ccc(OC)cc2)cc1OC.I. The Bertz CT molecular complexity index is 736. The van der Waals surface area contributed by atoms with Gasteiger partial charge in [-0.25, -0.2) is 0 Å². The molecule has 7 heteroatoms. The number of ether oxygens (including phenoxy) is 3. The molecule has 0 aliphatic heterocycles. The first-order valence-electron chi connectivity index (χ1n) is 9.11. The first-order valence-corrected chi connectivity index (χ1v) is 9.11. The standard InChI is InChI=1S/C21H29N3O3.HI/c1-5-27-19-13-10-17(15-20(19)26-4)24-21(22-2)23-14-6-7-16-8-11-18(25-3)12-9-16;/h8-13,15H,5-7,14H2,1-4H3,(H2,22,23,24);1H. The molecule has 0 fully saturated rings. The van der Waals surface area contributed by atoms with E-state index in [-0.39, 0.29) is 24.0 Å². The van der Waals surface area contributed by atoms with E-state index in [4.69, 9.17) is 14.2 Å². The van der Waals surface area contributed by atoms with Gasteiger partial charge >= 0.3 is 0 Å². The van der Waals surface area contributed by atoms with E-state index in [1.807, 2.05) is 37.3 Å². The number of rotatable bonds is 9. The van der Waals surface area contributed by atoms with Crippen LogP contribution in [-0.2, 0) is 6.42 Å². The van der Waals surface area contributed by atoms with E-state index in [1.165, 1.54) is 5.56 Å². The fourth-order valence-corrected chi connectivity index (χ4v) is 2.63. The molecule has 2 rings (SSSR count). The number of nitrogens with zero attached hydrogens (tertiary/aromatic N) is 1. The topological polar surface area (TPSA) is 64.1 Å². The fourth-order valence-electron chi connectivity index (χ4n) is 2.63. The van der Waals surface area contributed by atoms with Gasteiger partial charge in [-0.1, -0.05) is 12.1 Å². The molecule has 0 bridgehead atoms. The second kappa shape index (κ2) is 13.1. The molecule has 0 aliphatic carbocycles. The van der Waals surface area contributed by atoms with Gasteiger partial charge in [-0.3, -0.25) is 4.99 Å². The Balaban J connectivity index is 0.00000392. The van der Waals surface area contributed by atoms with Crippen molar-refractivity contribution in [1.82, 2.24) is 5.32 Å². The molecular weight excluding hydrogens is 469 g/mol. The van der Waals surface area contributed by atoms with Crippen molar-refractivity contribution in [3.63, 3.8) is 0 Å². The van der Waals surface area contributed by atoms with Crippen LogP contribution in [0.25, 0.3) is 0 Å². The number of benzene rings is 2. The van der Waals surface area contributed by atoms with Crippen LogP contribution in [0.5, 0.6) is 17.2 Å². The first kappa shape index (κ1) is 23.9. The summed E-state index contributed by atoms with van der Waals surface area (Å²) in [5, 5.41) is 6.60. The van der Waals surface area contributed by atoms with Gasteiger partial charge in [0.05, 0.1) is 20.8 Å². The summed E-state index contributed by atoms with van der Waals surface area (Å²) in [5.41, 5.74) is 2.18. The van der Waals surface area contributed by atoms with Crippen molar-refractivity contribution in [1.29, 1.82) is 0 Å². The number of guanidine groups is 1. The van der Waals surface area contributed by atoms with E-state index in [0.717, 1.165) is 42.5 Å². The monoisotopic (exact) mass is 499 g/mol. The Morgan fingerprint density at radius 1 is 1.00 bits per heavy atom. The Hall–Kier alpha value is -2.16. The van der Waals surface area contributed by atoms with Crippen LogP contribution in [0.1, 0.15) is 18.9 Å². The molecule has 6 nitrogen and oxygen atoms in total. The zero-order valence-corrected chi connectivity index (χ0v) is 19.3. The summed E-state index contributed by atoms with van der Waals surface area (Å²) >= 11 is 0. The lowest BCUT2D eigenvalue weighted by Crippen LogP contribution is -2.31. The molecule has 0 aliphatic rings. The number of hydrogen-bond acceptors (Lipinski definition) is 4. The third-order valence-corrected chi connectivity index (χ3v) is 4.04. The molecule has 0 radical (unpaired) electrons. The van der Waals surface area contributed by atoms with E-state index >= 15 is 0 Å². The lowest BCUT2D eigenvalue weighted by atomic mass is 10.1. The zero-order valence-electron chi connectivity index (χ0n) is 17.0. The number of methoxy groups -OCH3 is 2. The lowest BCUT2D eigenvalue weighted by Gasteiger charge is -2.14. The van der Waals surface area contributed by atoms with Crippen molar-refractivity contribution in [3.8, 4) is 17.2 Å². The summed E-state index contributed by atoms with van der Waals surface area (Å²) in [4.78, 5) is 4.27. The van der Waals surface area contributed by atoms with Crippen LogP contribution in [0, 0.1) is 0 Å². The minimum atomic E-state index is 0. The predicted octanol–water partition coefficient (Wildman–Crippen LogP) is 4.34. The van der Waals surface area contributed by atoms with E-state index in [9.17, 15) is 0 Å². The van der Waals surface area contributed by atoms with E-state index < -0.39 is 0 Å². The molecule has 0 aromatic heterocycles. The fraction of sp³-hybridized carbons (Fsp3) is 0.381. The third kappa shape index (κ3) is 7.46. The quantitative estimate of drug-likeness (QED) is 0.233. The molecule has 0 unspecified atom stereocenters. The van der Waals surface area contributed by atoms with E-state index in [2.05, 4.69) is 27.8 Å². The molecule has 28 heavy (non-hydrogen) atoms. The summed E-state index contributed by atoms with van der Waals surface area (Å²) in [6.45, 7) is 3.36. The highest BCUT2D eigenvalue weighted by Gasteiger charge is 2.07. The first-order chi connectivity index (χ1) is 13.2. The number of halogens is 1. The van der Waals surface area contributed by atoms with E-state index in [1.54, 1.807) is 21.3 Å². The lowest BCUT2D eigenvalue weighted by molar-refractivity contribution is 0.311. The van der Waals surface area contributed by atoms with Gasteiger partial charge in [0.1, 0.15) is 5.75 Å². The molecule has 2 N–H and O–H groups in total. The van der Waals surface area contributed by atoms with Gasteiger partial charge in [-0.2, -0.15) is 0 Å². The van der Waals surface area contributed by atoms with Gasteiger partial charge in [0.25, 0.3) is 0 Å². The van der Waals surface area contributed by atoms with Gasteiger partial charge < -0.3 is 24.8 Å². The predicted molar refractivity (Wildman–Crippen MR) is 126 cm³/mol. The highest BCUT2D eigenvalue weighted by atomic mass is 127. The van der Waals surface area contributed by atoms with Crippen molar-refractivity contribution in [2.45, 2.75) is 19.8 Å². The molecule has 2 aromatic rings. The van der Waals surface area contributed by atoms with Crippen molar-refractivity contribution in [3.05, 3.63) is 48.0 Å². The summed E-state index contributed by atoms with van der Waals surface area (Å²) in [5.74, 6) is 3.02.